The molecule has 0 aliphatic carbocycles. The summed E-state index contributed by atoms with van der Waals surface area (Å²) in [6, 6.07) is 12.1. The van der Waals surface area contributed by atoms with Crippen LogP contribution in [-0.2, 0) is 0 Å². The summed E-state index contributed by atoms with van der Waals surface area (Å²) in [5, 5.41) is 3.61. The molecule has 1 heterocycles. The maximum Gasteiger partial charge on any atom is 0.0320 e. The average Bonchev–Trinajstić information content (AvgIpc) is 2.91. The van der Waals surface area contributed by atoms with E-state index < -0.39 is 0 Å². The van der Waals surface area contributed by atoms with Gasteiger partial charge in [0.15, 0.2) is 0 Å². The van der Waals surface area contributed by atoms with Crippen LogP contribution in [0.3, 0.4) is 0 Å². The Morgan fingerprint density at radius 1 is 1.33 bits per heavy atom. The van der Waals surface area contributed by atoms with E-state index in [9.17, 15) is 0 Å². The van der Waals surface area contributed by atoms with E-state index in [1.54, 1.807) is 0 Å². The average molecular weight is 246 g/mol. The molecule has 0 spiro atoms. The highest BCUT2D eigenvalue weighted by Gasteiger charge is 2.21. The van der Waals surface area contributed by atoms with Crippen molar-refractivity contribution < 1.29 is 0 Å². The number of nitrogens with one attached hydrogen (secondary N) is 1. The van der Waals surface area contributed by atoms with Crippen molar-refractivity contribution in [2.24, 2.45) is 0 Å². The van der Waals surface area contributed by atoms with Crippen LogP contribution >= 0.6 is 0 Å². The lowest BCUT2D eigenvalue weighted by molar-refractivity contribution is 0.192. The summed E-state index contributed by atoms with van der Waals surface area (Å²) in [7, 11) is 0. The fourth-order valence-electron chi connectivity index (χ4n) is 2.87. The third kappa shape index (κ3) is 3.56. The molecule has 2 rings (SSSR count). The maximum atomic E-state index is 3.61. The van der Waals surface area contributed by atoms with E-state index in [1.807, 2.05) is 0 Å². The number of hydrogen-bond donors (Lipinski definition) is 1. The summed E-state index contributed by atoms with van der Waals surface area (Å²) < 4.78 is 0. The Morgan fingerprint density at radius 2 is 2.11 bits per heavy atom. The highest BCUT2D eigenvalue weighted by Crippen LogP contribution is 2.21. The second kappa shape index (κ2) is 6.91. The molecule has 0 radical (unpaired) electrons. The Kier molecular flexibility index (Phi) is 5.21. The maximum absolute atomic E-state index is 3.61. The van der Waals surface area contributed by atoms with Crippen molar-refractivity contribution in [3.8, 4) is 0 Å². The minimum absolute atomic E-state index is 0.522. The Hall–Kier alpha value is -0.860. The van der Waals surface area contributed by atoms with Gasteiger partial charge in [0.2, 0.25) is 0 Å². The molecule has 1 aliphatic rings. The molecule has 0 saturated carbocycles. The number of rotatable bonds is 6. The van der Waals surface area contributed by atoms with Crippen LogP contribution in [0, 0.1) is 0 Å². The minimum Gasteiger partial charge on any atom is -0.313 e. The van der Waals surface area contributed by atoms with Crippen LogP contribution in [0.15, 0.2) is 30.3 Å². The fourth-order valence-corrected chi connectivity index (χ4v) is 2.87. The molecule has 100 valence electrons. The minimum atomic E-state index is 0.522. The van der Waals surface area contributed by atoms with Crippen molar-refractivity contribution in [3.05, 3.63) is 35.9 Å². The lowest BCUT2D eigenvalue weighted by Crippen LogP contribution is -2.39. The second-order valence-electron chi connectivity index (χ2n) is 5.37. The zero-order valence-corrected chi connectivity index (χ0v) is 11.7. The molecule has 2 atom stereocenters. The van der Waals surface area contributed by atoms with Gasteiger partial charge in [0, 0.05) is 18.6 Å². The number of benzene rings is 1. The van der Waals surface area contributed by atoms with Crippen LogP contribution in [-0.4, -0.2) is 30.6 Å². The molecule has 2 heteroatoms. The van der Waals surface area contributed by atoms with Crippen LogP contribution in [0.5, 0.6) is 0 Å². The first-order valence-corrected chi connectivity index (χ1v) is 7.33. The van der Waals surface area contributed by atoms with Gasteiger partial charge in [0.05, 0.1) is 0 Å². The first-order valence-electron chi connectivity index (χ1n) is 7.33. The van der Waals surface area contributed by atoms with Crippen LogP contribution in [0.1, 0.15) is 44.7 Å². The molecule has 0 aromatic heterocycles. The first kappa shape index (κ1) is 13.6. The molecule has 18 heavy (non-hydrogen) atoms. The molecule has 1 fully saturated rings. The molecule has 1 aromatic rings. The third-order valence-electron chi connectivity index (χ3n) is 3.96. The van der Waals surface area contributed by atoms with Gasteiger partial charge in [-0.05, 0) is 44.8 Å². The number of hydrogen-bond acceptors (Lipinski definition) is 2. The van der Waals surface area contributed by atoms with Gasteiger partial charge in [-0.15, -0.1) is 0 Å². The van der Waals surface area contributed by atoms with Crippen molar-refractivity contribution in [1.29, 1.82) is 0 Å². The molecule has 2 nitrogen and oxygen atoms in total. The lowest BCUT2D eigenvalue weighted by Gasteiger charge is -2.31. The van der Waals surface area contributed by atoms with Crippen LogP contribution in [0.25, 0.3) is 0 Å². The van der Waals surface area contributed by atoms with Crippen molar-refractivity contribution >= 4 is 0 Å². The molecular weight excluding hydrogens is 220 g/mol. The third-order valence-corrected chi connectivity index (χ3v) is 3.96. The molecule has 1 aliphatic heterocycles. The molecule has 1 aromatic carbocycles. The Bertz CT molecular complexity index is 330. The van der Waals surface area contributed by atoms with Crippen molar-refractivity contribution in [2.75, 3.05) is 19.6 Å². The van der Waals surface area contributed by atoms with Gasteiger partial charge in [-0.1, -0.05) is 37.3 Å². The van der Waals surface area contributed by atoms with E-state index >= 15 is 0 Å². The molecule has 0 amide bonds. The summed E-state index contributed by atoms with van der Waals surface area (Å²) >= 11 is 0. The highest BCUT2D eigenvalue weighted by molar-refractivity contribution is 5.18. The van der Waals surface area contributed by atoms with Gasteiger partial charge in [-0.3, -0.25) is 4.90 Å². The first-order chi connectivity index (χ1) is 8.81. The molecular formula is C16H26N2. The SMILES string of the molecule is CCCN(CC1CCCN1)C(C)c1ccccc1. The summed E-state index contributed by atoms with van der Waals surface area (Å²) in [6.07, 6.45) is 3.90. The van der Waals surface area contributed by atoms with Gasteiger partial charge >= 0.3 is 0 Å². The van der Waals surface area contributed by atoms with Crippen LogP contribution in [0.2, 0.25) is 0 Å². The fraction of sp³-hybridized carbons (Fsp3) is 0.625. The van der Waals surface area contributed by atoms with Crippen LogP contribution in [0.4, 0.5) is 0 Å². The van der Waals surface area contributed by atoms with Gasteiger partial charge in [0.1, 0.15) is 0 Å². The smallest absolute Gasteiger partial charge is 0.0320 e. The highest BCUT2D eigenvalue weighted by atomic mass is 15.2. The monoisotopic (exact) mass is 246 g/mol. The molecule has 2 unspecified atom stereocenters. The van der Waals surface area contributed by atoms with E-state index in [2.05, 4.69) is 54.4 Å². The standard InChI is InChI=1S/C16H26N2/c1-3-12-18(13-16-10-7-11-17-16)14(2)15-8-5-4-6-9-15/h4-6,8-9,14,16-17H,3,7,10-13H2,1-2H3. The van der Waals surface area contributed by atoms with Gasteiger partial charge in [-0.2, -0.15) is 0 Å². The molecule has 1 N–H and O–H groups in total. The van der Waals surface area contributed by atoms with Crippen molar-refractivity contribution in [3.63, 3.8) is 0 Å². The zero-order chi connectivity index (χ0) is 12.8. The van der Waals surface area contributed by atoms with Crippen LogP contribution < -0.4 is 5.32 Å². The van der Waals surface area contributed by atoms with E-state index in [4.69, 9.17) is 0 Å². The predicted octanol–water partition coefficient (Wildman–Crippen LogP) is 3.21. The molecule has 0 bridgehead atoms. The van der Waals surface area contributed by atoms with Gasteiger partial charge in [0.25, 0.3) is 0 Å². The zero-order valence-electron chi connectivity index (χ0n) is 11.7. The number of nitrogens with zero attached hydrogens (tertiary/aromatic N) is 1. The van der Waals surface area contributed by atoms with Crippen molar-refractivity contribution in [2.45, 2.75) is 45.2 Å². The Balaban J connectivity index is 1.99. The quantitative estimate of drug-likeness (QED) is 0.829. The summed E-state index contributed by atoms with van der Waals surface area (Å²) in [5.41, 5.74) is 1.43. The van der Waals surface area contributed by atoms with E-state index in [0.717, 1.165) is 0 Å². The lowest BCUT2D eigenvalue weighted by atomic mass is 10.1. The normalized spacial score (nSPS) is 21.4. The summed E-state index contributed by atoms with van der Waals surface area (Å²) in [6.45, 7) is 8.18. The summed E-state index contributed by atoms with van der Waals surface area (Å²) in [5.74, 6) is 0. The predicted molar refractivity (Wildman–Crippen MR) is 77.7 cm³/mol. The Labute approximate surface area is 111 Å². The Morgan fingerprint density at radius 3 is 2.72 bits per heavy atom. The van der Waals surface area contributed by atoms with Gasteiger partial charge in [-0.25, -0.2) is 0 Å². The van der Waals surface area contributed by atoms with E-state index in [1.165, 1.54) is 44.5 Å². The topological polar surface area (TPSA) is 15.3 Å². The van der Waals surface area contributed by atoms with E-state index in [-0.39, 0.29) is 0 Å². The molecule has 1 saturated heterocycles. The van der Waals surface area contributed by atoms with Crippen molar-refractivity contribution in [1.82, 2.24) is 10.2 Å². The largest absolute Gasteiger partial charge is 0.313 e. The van der Waals surface area contributed by atoms with Gasteiger partial charge < -0.3 is 5.32 Å². The summed E-state index contributed by atoms with van der Waals surface area (Å²) in [4.78, 5) is 2.62. The second-order valence-corrected chi connectivity index (χ2v) is 5.37. The van der Waals surface area contributed by atoms with E-state index in [0.29, 0.717) is 12.1 Å².